The van der Waals surface area contributed by atoms with Gasteiger partial charge in [0, 0.05) is 38.3 Å². The van der Waals surface area contributed by atoms with Gasteiger partial charge < -0.3 is 25.0 Å². The van der Waals surface area contributed by atoms with Crippen molar-refractivity contribution < 1.29 is 9.84 Å². The van der Waals surface area contributed by atoms with E-state index in [1.54, 1.807) is 7.11 Å². The van der Waals surface area contributed by atoms with E-state index >= 15 is 0 Å². The summed E-state index contributed by atoms with van der Waals surface area (Å²) in [6.07, 6.45) is 3.27. The molecule has 2 rings (SSSR count). The van der Waals surface area contributed by atoms with Crippen molar-refractivity contribution in [2.24, 2.45) is 5.92 Å². The van der Waals surface area contributed by atoms with Gasteiger partial charge in [-0.1, -0.05) is 6.92 Å². The van der Waals surface area contributed by atoms with Crippen LogP contribution in [-0.4, -0.2) is 86.1 Å². The molecule has 0 saturated carbocycles. The molecule has 0 radical (unpaired) electrons. The summed E-state index contributed by atoms with van der Waals surface area (Å²) in [7, 11) is 3.88. The molecule has 0 amide bonds. The lowest BCUT2D eigenvalue weighted by Gasteiger charge is -2.43. The third-order valence-corrected chi connectivity index (χ3v) is 5.48. The molecular formula is C17H35N3O2. The number of ether oxygens (including phenoxy) is 1. The van der Waals surface area contributed by atoms with Crippen molar-refractivity contribution in [3.05, 3.63) is 0 Å². The highest BCUT2D eigenvalue weighted by molar-refractivity contribution is 4.89. The minimum atomic E-state index is -0.357. The number of piperidine rings is 2. The number of nitrogens with zero attached hydrogens (tertiary/aromatic N) is 2. The van der Waals surface area contributed by atoms with Gasteiger partial charge in [-0.2, -0.15) is 0 Å². The predicted octanol–water partition coefficient (Wildman–Crippen LogP) is 0.776. The van der Waals surface area contributed by atoms with Crippen molar-refractivity contribution in [1.29, 1.82) is 0 Å². The first-order valence-corrected chi connectivity index (χ1v) is 8.85. The number of β-amino-alcohol motifs (C(OH)–C–C–N with tert-alkyl or cyclic N) is 1. The third-order valence-electron chi connectivity index (χ3n) is 5.48. The second kappa shape index (κ2) is 8.60. The molecule has 5 nitrogen and oxygen atoms in total. The smallest absolute Gasteiger partial charge is 0.0900 e. The molecule has 2 aliphatic heterocycles. The van der Waals surface area contributed by atoms with Crippen molar-refractivity contribution in [2.75, 3.05) is 46.9 Å². The number of aliphatic hydroxyl groups excluding tert-OH is 1. The van der Waals surface area contributed by atoms with Gasteiger partial charge in [0.15, 0.2) is 0 Å². The Kier molecular flexibility index (Phi) is 7.09. The summed E-state index contributed by atoms with van der Waals surface area (Å²) in [5.74, 6) is 0.725. The molecule has 0 spiro atoms. The Morgan fingerprint density at radius 2 is 1.95 bits per heavy atom. The summed E-state index contributed by atoms with van der Waals surface area (Å²) >= 11 is 0. The molecule has 0 aliphatic carbocycles. The first kappa shape index (κ1) is 18.1. The van der Waals surface area contributed by atoms with Gasteiger partial charge in [0.2, 0.25) is 0 Å². The Labute approximate surface area is 136 Å². The molecular weight excluding hydrogens is 278 g/mol. The van der Waals surface area contributed by atoms with Crippen LogP contribution >= 0.6 is 0 Å². The number of hydrogen-bond donors (Lipinski definition) is 2. The molecule has 130 valence electrons. The first-order chi connectivity index (χ1) is 10.5. The lowest BCUT2D eigenvalue weighted by atomic mass is 9.88. The molecule has 2 fully saturated rings. The lowest BCUT2D eigenvalue weighted by Crippen LogP contribution is -2.55. The second-order valence-corrected chi connectivity index (χ2v) is 7.46. The molecule has 0 bridgehead atoms. The van der Waals surface area contributed by atoms with E-state index < -0.39 is 0 Å². The maximum absolute atomic E-state index is 9.83. The van der Waals surface area contributed by atoms with E-state index in [4.69, 9.17) is 4.74 Å². The zero-order valence-electron chi connectivity index (χ0n) is 14.8. The van der Waals surface area contributed by atoms with E-state index in [0.717, 1.165) is 25.6 Å². The number of nitrogens with one attached hydrogen (secondary N) is 1. The van der Waals surface area contributed by atoms with E-state index in [0.29, 0.717) is 24.7 Å². The topological polar surface area (TPSA) is 48.0 Å². The number of aliphatic hydroxyl groups is 1. The second-order valence-electron chi connectivity index (χ2n) is 7.46. The Balaban J connectivity index is 1.71. The fourth-order valence-electron chi connectivity index (χ4n) is 3.90. The van der Waals surface area contributed by atoms with Gasteiger partial charge in [0.25, 0.3) is 0 Å². The van der Waals surface area contributed by atoms with Crippen LogP contribution in [-0.2, 0) is 4.74 Å². The van der Waals surface area contributed by atoms with E-state index in [2.05, 4.69) is 36.0 Å². The monoisotopic (exact) mass is 313 g/mol. The van der Waals surface area contributed by atoms with Crippen LogP contribution < -0.4 is 5.32 Å². The molecule has 2 heterocycles. The molecule has 0 aromatic carbocycles. The van der Waals surface area contributed by atoms with Crippen LogP contribution in [0, 0.1) is 5.92 Å². The zero-order valence-corrected chi connectivity index (χ0v) is 14.8. The van der Waals surface area contributed by atoms with Crippen LogP contribution in [0.3, 0.4) is 0 Å². The summed E-state index contributed by atoms with van der Waals surface area (Å²) in [5.41, 5.74) is 0. The SMILES string of the molecule is COCC(O)CN1CCC(NC2CC(C)N(C)CC2C)CC1. The summed E-state index contributed by atoms with van der Waals surface area (Å²) in [5, 5.41) is 13.7. The van der Waals surface area contributed by atoms with Crippen molar-refractivity contribution in [3.63, 3.8) is 0 Å². The van der Waals surface area contributed by atoms with Crippen molar-refractivity contribution in [1.82, 2.24) is 15.1 Å². The van der Waals surface area contributed by atoms with Crippen LogP contribution in [0.25, 0.3) is 0 Å². The summed E-state index contributed by atoms with van der Waals surface area (Å²) in [6, 6.07) is 1.97. The van der Waals surface area contributed by atoms with Gasteiger partial charge in [0.1, 0.15) is 0 Å². The minimum absolute atomic E-state index is 0.357. The van der Waals surface area contributed by atoms with Crippen molar-refractivity contribution in [3.8, 4) is 0 Å². The van der Waals surface area contributed by atoms with E-state index in [1.807, 2.05) is 0 Å². The summed E-state index contributed by atoms with van der Waals surface area (Å²) < 4.78 is 5.00. The van der Waals surface area contributed by atoms with Gasteiger partial charge in [-0.05, 0) is 52.2 Å². The predicted molar refractivity (Wildman–Crippen MR) is 90.1 cm³/mol. The normalized spacial score (nSPS) is 34.0. The highest BCUT2D eigenvalue weighted by atomic mass is 16.5. The molecule has 2 N–H and O–H groups in total. The van der Waals surface area contributed by atoms with Crippen molar-refractivity contribution in [2.45, 2.75) is 57.3 Å². The number of likely N-dealkylation sites (tertiary alicyclic amines) is 2. The molecule has 4 unspecified atom stereocenters. The maximum Gasteiger partial charge on any atom is 0.0900 e. The quantitative estimate of drug-likeness (QED) is 0.759. The van der Waals surface area contributed by atoms with E-state index in [9.17, 15) is 5.11 Å². The highest BCUT2D eigenvalue weighted by Gasteiger charge is 2.31. The molecule has 4 atom stereocenters. The Morgan fingerprint density at radius 1 is 1.27 bits per heavy atom. The summed E-state index contributed by atoms with van der Waals surface area (Å²) in [6.45, 7) is 9.23. The highest BCUT2D eigenvalue weighted by Crippen LogP contribution is 2.22. The molecule has 5 heteroatoms. The van der Waals surface area contributed by atoms with Gasteiger partial charge in [0.05, 0.1) is 12.7 Å². The van der Waals surface area contributed by atoms with Crippen LogP contribution in [0.2, 0.25) is 0 Å². The van der Waals surface area contributed by atoms with Gasteiger partial charge in [-0.15, -0.1) is 0 Å². The zero-order chi connectivity index (χ0) is 16.1. The Morgan fingerprint density at radius 3 is 2.59 bits per heavy atom. The van der Waals surface area contributed by atoms with Gasteiger partial charge >= 0.3 is 0 Å². The summed E-state index contributed by atoms with van der Waals surface area (Å²) in [4.78, 5) is 4.84. The van der Waals surface area contributed by atoms with E-state index in [-0.39, 0.29) is 6.10 Å². The lowest BCUT2D eigenvalue weighted by molar-refractivity contribution is 0.0293. The molecule has 2 aliphatic rings. The average Bonchev–Trinajstić information content (AvgIpc) is 2.47. The van der Waals surface area contributed by atoms with Crippen LogP contribution in [0.5, 0.6) is 0 Å². The molecule has 2 saturated heterocycles. The molecule has 0 aromatic heterocycles. The first-order valence-electron chi connectivity index (χ1n) is 8.85. The van der Waals surface area contributed by atoms with Gasteiger partial charge in [-0.25, -0.2) is 0 Å². The largest absolute Gasteiger partial charge is 0.389 e. The number of hydrogen-bond acceptors (Lipinski definition) is 5. The van der Waals surface area contributed by atoms with Crippen molar-refractivity contribution >= 4 is 0 Å². The molecule has 0 aromatic rings. The fraction of sp³-hybridized carbons (Fsp3) is 1.00. The maximum atomic E-state index is 9.83. The fourth-order valence-corrected chi connectivity index (χ4v) is 3.90. The number of methoxy groups -OCH3 is 1. The Hall–Kier alpha value is -0.200. The van der Waals surface area contributed by atoms with Gasteiger partial charge in [-0.3, -0.25) is 0 Å². The third kappa shape index (κ3) is 5.17. The Bertz CT molecular complexity index is 321. The minimum Gasteiger partial charge on any atom is -0.389 e. The van der Waals surface area contributed by atoms with Crippen LogP contribution in [0.15, 0.2) is 0 Å². The molecule has 22 heavy (non-hydrogen) atoms. The number of rotatable bonds is 6. The van der Waals surface area contributed by atoms with E-state index in [1.165, 1.54) is 25.8 Å². The average molecular weight is 313 g/mol. The van der Waals surface area contributed by atoms with Crippen LogP contribution in [0.4, 0.5) is 0 Å². The van der Waals surface area contributed by atoms with Crippen LogP contribution in [0.1, 0.15) is 33.1 Å². The standard InChI is InChI=1S/C17H35N3O2/c1-13-10-19(3)14(2)9-17(13)18-15-5-7-20(8-6-15)11-16(21)12-22-4/h13-18,21H,5-12H2,1-4H3.